The molecule has 35 heavy (non-hydrogen) atoms. The predicted molar refractivity (Wildman–Crippen MR) is 130 cm³/mol. The van der Waals surface area contributed by atoms with Crippen LogP contribution < -0.4 is 10.2 Å². The average Bonchev–Trinajstić information content (AvgIpc) is 3.53. The van der Waals surface area contributed by atoms with Crippen LogP contribution in [0, 0.1) is 0 Å². The number of hydrogen-bond acceptors (Lipinski definition) is 4. The Hall–Kier alpha value is -2.78. The molecule has 186 valence electrons. The molecular weight excluding hydrogens is 479 g/mol. The third-order valence-electron chi connectivity index (χ3n) is 7.06. The molecule has 0 saturated carbocycles. The number of aromatic nitrogens is 2. The van der Waals surface area contributed by atoms with Crippen molar-refractivity contribution in [2.75, 3.05) is 37.6 Å². The van der Waals surface area contributed by atoms with Crippen molar-refractivity contribution in [2.24, 2.45) is 0 Å². The van der Waals surface area contributed by atoms with Crippen LogP contribution in [0.25, 0.3) is 11.0 Å². The van der Waals surface area contributed by atoms with Gasteiger partial charge in [0.05, 0.1) is 35.0 Å². The number of fused-ring (bicyclic) bond motifs is 1. The van der Waals surface area contributed by atoms with Crippen molar-refractivity contribution in [3.8, 4) is 0 Å². The van der Waals surface area contributed by atoms with Crippen LogP contribution in [0.2, 0.25) is 5.02 Å². The van der Waals surface area contributed by atoms with Crippen LogP contribution in [0.3, 0.4) is 0 Å². The van der Waals surface area contributed by atoms with Gasteiger partial charge in [-0.1, -0.05) is 17.7 Å². The van der Waals surface area contributed by atoms with E-state index in [0.717, 1.165) is 36.7 Å². The summed E-state index contributed by atoms with van der Waals surface area (Å²) in [5.41, 5.74) is 1.83. The third-order valence-corrected chi connectivity index (χ3v) is 7.30. The van der Waals surface area contributed by atoms with E-state index in [1.54, 1.807) is 17.8 Å². The van der Waals surface area contributed by atoms with Crippen molar-refractivity contribution in [3.63, 3.8) is 0 Å². The highest BCUT2D eigenvalue weighted by Crippen LogP contribution is 2.38. The summed E-state index contributed by atoms with van der Waals surface area (Å²) in [4.78, 5) is 21.2. The molecule has 1 unspecified atom stereocenters. The van der Waals surface area contributed by atoms with Crippen LogP contribution in [0.1, 0.15) is 36.9 Å². The Balaban J connectivity index is 1.38. The van der Waals surface area contributed by atoms with Gasteiger partial charge < -0.3 is 19.7 Å². The minimum atomic E-state index is -4.51. The molecule has 10 heteroatoms. The van der Waals surface area contributed by atoms with E-state index in [-0.39, 0.29) is 22.5 Å². The number of piperazine rings is 1. The maximum Gasteiger partial charge on any atom is 0.416 e. The van der Waals surface area contributed by atoms with Gasteiger partial charge in [0.25, 0.3) is 0 Å². The highest BCUT2D eigenvalue weighted by atomic mass is 35.5. The summed E-state index contributed by atoms with van der Waals surface area (Å²) in [6.07, 6.45) is -1.01. The number of carbonyl (C=O) groups is 1. The van der Waals surface area contributed by atoms with Crippen LogP contribution in [-0.4, -0.2) is 59.1 Å². The standard InChI is InChI=1S/C25H27ClF3N5O/c1-16(19-6-4-17(26)13-20(19)25(27,28)29)34-15-31-21-7-5-18(14-23(21)34)32-9-11-33(12-10-32)24(35)22-3-2-8-30-22/h4-7,13-16,22,30H,2-3,8-12H2,1H3/t16?,22-/m1/s1. The van der Waals surface area contributed by atoms with Crippen LogP contribution in [0.15, 0.2) is 42.7 Å². The Bertz CT molecular complexity index is 1230. The summed E-state index contributed by atoms with van der Waals surface area (Å²) in [7, 11) is 0. The van der Waals surface area contributed by atoms with Gasteiger partial charge in [0, 0.05) is 36.9 Å². The van der Waals surface area contributed by atoms with E-state index < -0.39 is 17.8 Å². The monoisotopic (exact) mass is 505 g/mol. The smallest absolute Gasteiger partial charge is 0.368 e. The fourth-order valence-corrected chi connectivity index (χ4v) is 5.28. The second-order valence-corrected chi connectivity index (χ2v) is 9.63. The van der Waals surface area contributed by atoms with E-state index in [1.807, 2.05) is 23.1 Å². The molecule has 0 radical (unpaired) electrons. The Kier molecular flexibility index (Phi) is 6.40. The molecule has 2 aromatic carbocycles. The van der Waals surface area contributed by atoms with Gasteiger partial charge in [-0.3, -0.25) is 4.79 Å². The van der Waals surface area contributed by atoms with Crippen LogP contribution in [0.5, 0.6) is 0 Å². The van der Waals surface area contributed by atoms with Crippen molar-refractivity contribution in [1.82, 2.24) is 19.8 Å². The molecule has 2 aliphatic heterocycles. The van der Waals surface area contributed by atoms with Gasteiger partial charge in [-0.25, -0.2) is 4.98 Å². The molecule has 2 fully saturated rings. The van der Waals surface area contributed by atoms with Crippen molar-refractivity contribution in [3.05, 3.63) is 58.9 Å². The molecule has 2 atom stereocenters. The zero-order valence-corrected chi connectivity index (χ0v) is 20.1. The number of alkyl halides is 3. The fourth-order valence-electron chi connectivity index (χ4n) is 5.11. The van der Waals surface area contributed by atoms with Gasteiger partial charge >= 0.3 is 6.18 Å². The van der Waals surface area contributed by atoms with Gasteiger partial charge in [-0.15, -0.1) is 0 Å². The quantitative estimate of drug-likeness (QED) is 0.557. The first-order chi connectivity index (χ1) is 16.7. The molecule has 1 N–H and O–H groups in total. The molecule has 0 spiro atoms. The molecule has 0 aliphatic carbocycles. The van der Waals surface area contributed by atoms with E-state index in [1.165, 1.54) is 12.1 Å². The molecule has 5 rings (SSSR count). The van der Waals surface area contributed by atoms with E-state index in [0.29, 0.717) is 31.7 Å². The maximum absolute atomic E-state index is 13.7. The number of nitrogens with one attached hydrogen (secondary N) is 1. The fraction of sp³-hybridized carbons (Fsp3) is 0.440. The number of carbonyl (C=O) groups excluding carboxylic acids is 1. The van der Waals surface area contributed by atoms with Crippen LogP contribution in [-0.2, 0) is 11.0 Å². The van der Waals surface area contributed by atoms with Crippen LogP contribution in [0.4, 0.5) is 18.9 Å². The first-order valence-corrected chi connectivity index (χ1v) is 12.2. The topological polar surface area (TPSA) is 53.4 Å². The maximum atomic E-state index is 13.7. The number of halogens is 4. The molecular formula is C25H27ClF3N5O. The zero-order valence-electron chi connectivity index (χ0n) is 19.4. The van der Waals surface area contributed by atoms with Gasteiger partial charge in [-0.2, -0.15) is 13.2 Å². The number of imidazole rings is 1. The van der Waals surface area contributed by atoms with Crippen molar-refractivity contribution in [2.45, 2.75) is 38.0 Å². The lowest BCUT2D eigenvalue weighted by molar-refractivity contribution is -0.138. The average molecular weight is 506 g/mol. The Morgan fingerprint density at radius 3 is 2.60 bits per heavy atom. The second-order valence-electron chi connectivity index (χ2n) is 9.19. The minimum Gasteiger partial charge on any atom is -0.368 e. The van der Waals surface area contributed by atoms with E-state index in [2.05, 4.69) is 15.2 Å². The largest absolute Gasteiger partial charge is 0.416 e. The number of nitrogens with zero attached hydrogens (tertiary/aromatic N) is 4. The molecule has 3 aromatic rings. The Labute approximate surface area is 206 Å². The number of amides is 1. The first-order valence-electron chi connectivity index (χ1n) is 11.8. The van der Waals surface area contributed by atoms with Crippen molar-refractivity contribution >= 4 is 34.2 Å². The van der Waals surface area contributed by atoms with Crippen LogP contribution >= 0.6 is 11.6 Å². The minimum absolute atomic E-state index is 0.0485. The normalized spacial score (nSPS) is 20.0. The summed E-state index contributed by atoms with van der Waals surface area (Å²) < 4.78 is 42.9. The van der Waals surface area contributed by atoms with Gasteiger partial charge in [0.15, 0.2) is 0 Å². The summed E-state index contributed by atoms with van der Waals surface area (Å²) in [6.45, 7) is 5.30. The van der Waals surface area contributed by atoms with E-state index in [4.69, 9.17) is 11.6 Å². The number of anilines is 1. The highest BCUT2D eigenvalue weighted by Gasteiger charge is 2.35. The van der Waals surface area contributed by atoms with E-state index >= 15 is 0 Å². The lowest BCUT2D eigenvalue weighted by Crippen LogP contribution is -2.53. The number of hydrogen-bond donors (Lipinski definition) is 1. The molecule has 1 aromatic heterocycles. The van der Waals surface area contributed by atoms with Gasteiger partial charge in [0.2, 0.25) is 5.91 Å². The van der Waals surface area contributed by atoms with Gasteiger partial charge in [-0.05, 0) is 62.2 Å². The van der Waals surface area contributed by atoms with Crippen molar-refractivity contribution in [1.29, 1.82) is 0 Å². The summed E-state index contributed by atoms with van der Waals surface area (Å²) in [6, 6.07) is 9.05. The van der Waals surface area contributed by atoms with E-state index in [9.17, 15) is 18.0 Å². The Morgan fingerprint density at radius 1 is 1.14 bits per heavy atom. The molecule has 3 heterocycles. The highest BCUT2D eigenvalue weighted by molar-refractivity contribution is 6.30. The molecule has 2 aliphatic rings. The molecule has 2 saturated heterocycles. The number of benzene rings is 2. The third kappa shape index (κ3) is 4.71. The van der Waals surface area contributed by atoms with Gasteiger partial charge in [0.1, 0.15) is 0 Å². The van der Waals surface area contributed by atoms with Crippen molar-refractivity contribution < 1.29 is 18.0 Å². The lowest BCUT2D eigenvalue weighted by Gasteiger charge is -2.37. The second kappa shape index (κ2) is 9.35. The Morgan fingerprint density at radius 2 is 1.91 bits per heavy atom. The predicted octanol–water partition coefficient (Wildman–Crippen LogP) is 4.72. The number of rotatable bonds is 4. The molecule has 1 amide bonds. The zero-order chi connectivity index (χ0) is 24.7. The summed E-state index contributed by atoms with van der Waals surface area (Å²) in [5.74, 6) is 0.174. The first kappa shape index (κ1) is 23.9. The molecule has 0 bridgehead atoms. The molecule has 6 nitrogen and oxygen atoms in total. The SMILES string of the molecule is CC(c1ccc(Cl)cc1C(F)(F)F)n1cnc2ccc(N3CCN(C(=O)[C@H]4CCCN4)CC3)cc21. The lowest BCUT2D eigenvalue weighted by atomic mass is 10.0. The summed E-state index contributed by atoms with van der Waals surface area (Å²) in [5, 5.41) is 3.32. The summed E-state index contributed by atoms with van der Waals surface area (Å²) >= 11 is 5.87.